The van der Waals surface area contributed by atoms with E-state index >= 15 is 0 Å². The Hall–Kier alpha value is -1.82. The molecular formula is C13H14N2O. The van der Waals surface area contributed by atoms with E-state index in [9.17, 15) is 0 Å². The third-order valence-electron chi connectivity index (χ3n) is 2.45. The van der Waals surface area contributed by atoms with Crippen molar-refractivity contribution in [3.05, 3.63) is 35.4 Å². The predicted octanol–water partition coefficient (Wildman–Crippen LogP) is 2.31. The fraction of sp³-hybridized carbons (Fsp3) is 0.385. The summed E-state index contributed by atoms with van der Waals surface area (Å²) in [6.07, 6.45) is 0.444. The molecule has 2 rings (SSSR count). The number of ether oxygens (including phenoxy) is 1. The normalized spacial score (nSPS) is 17.4. The summed E-state index contributed by atoms with van der Waals surface area (Å²) in [5.41, 5.74) is 1.87. The second kappa shape index (κ2) is 3.97. The molecule has 16 heavy (non-hydrogen) atoms. The predicted molar refractivity (Wildman–Crippen MR) is 62.3 cm³/mol. The monoisotopic (exact) mass is 214 g/mol. The van der Waals surface area contributed by atoms with Crippen LogP contribution in [0.4, 0.5) is 0 Å². The Morgan fingerprint density at radius 1 is 1.38 bits per heavy atom. The van der Waals surface area contributed by atoms with Crippen LogP contribution >= 0.6 is 0 Å². The molecule has 82 valence electrons. The number of aliphatic imine (C=N–C) groups is 1. The highest BCUT2D eigenvalue weighted by Crippen LogP contribution is 2.20. The highest BCUT2D eigenvalue weighted by molar-refractivity contribution is 5.95. The highest BCUT2D eigenvalue weighted by Gasteiger charge is 2.26. The van der Waals surface area contributed by atoms with E-state index in [4.69, 9.17) is 10.00 Å². The summed E-state index contributed by atoms with van der Waals surface area (Å²) >= 11 is 0. The smallest absolute Gasteiger partial charge is 0.216 e. The molecule has 1 heterocycles. The van der Waals surface area contributed by atoms with Gasteiger partial charge >= 0.3 is 0 Å². The van der Waals surface area contributed by atoms with E-state index in [-0.39, 0.29) is 5.54 Å². The SMILES string of the molecule is CC1(C)COC(c2ccc(CC#N)cc2)=N1. The molecule has 0 bridgehead atoms. The van der Waals surface area contributed by atoms with Gasteiger partial charge in [0, 0.05) is 5.56 Å². The number of nitriles is 1. The highest BCUT2D eigenvalue weighted by atomic mass is 16.5. The molecule has 0 radical (unpaired) electrons. The van der Waals surface area contributed by atoms with Crippen molar-refractivity contribution in [1.82, 2.24) is 0 Å². The van der Waals surface area contributed by atoms with Gasteiger partial charge in [0.05, 0.1) is 18.0 Å². The maximum Gasteiger partial charge on any atom is 0.216 e. The summed E-state index contributed by atoms with van der Waals surface area (Å²) in [6, 6.07) is 9.91. The van der Waals surface area contributed by atoms with E-state index in [1.165, 1.54) is 0 Å². The summed E-state index contributed by atoms with van der Waals surface area (Å²) in [5.74, 6) is 0.702. The second-order valence-electron chi connectivity index (χ2n) is 4.55. The van der Waals surface area contributed by atoms with Gasteiger partial charge < -0.3 is 4.74 Å². The lowest BCUT2D eigenvalue weighted by Gasteiger charge is -2.07. The standard InChI is InChI=1S/C13H14N2O/c1-13(2)9-16-12(15-13)11-5-3-10(4-6-11)7-8-14/h3-6H,7,9H2,1-2H3. The Labute approximate surface area is 95.4 Å². The van der Waals surface area contributed by atoms with Crippen molar-refractivity contribution in [2.45, 2.75) is 25.8 Å². The van der Waals surface area contributed by atoms with Crippen LogP contribution in [0.3, 0.4) is 0 Å². The first kappa shape index (κ1) is 10.7. The van der Waals surface area contributed by atoms with Gasteiger partial charge in [0.2, 0.25) is 5.90 Å². The molecule has 0 saturated heterocycles. The molecule has 3 heteroatoms. The van der Waals surface area contributed by atoms with Gasteiger partial charge in [-0.25, -0.2) is 4.99 Å². The Balaban J connectivity index is 2.21. The van der Waals surface area contributed by atoms with Crippen LogP contribution in [0.25, 0.3) is 0 Å². The van der Waals surface area contributed by atoms with Gasteiger partial charge in [0.15, 0.2) is 0 Å². The Kier molecular flexibility index (Phi) is 2.66. The molecule has 0 N–H and O–H groups in total. The molecule has 0 atom stereocenters. The van der Waals surface area contributed by atoms with Gasteiger partial charge in [-0.05, 0) is 31.5 Å². The Morgan fingerprint density at radius 2 is 2.06 bits per heavy atom. The van der Waals surface area contributed by atoms with Crippen LogP contribution in [0.2, 0.25) is 0 Å². The van der Waals surface area contributed by atoms with Crippen molar-refractivity contribution < 1.29 is 4.74 Å². The lowest BCUT2D eigenvalue weighted by atomic mass is 10.1. The van der Waals surface area contributed by atoms with E-state index in [0.717, 1.165) is 11.1 Å². The summed E-state index contributed by atoms with van der Waals surface area (Å²) < 4.78 is 5.54. The average Bonchev–Trinajstić information content (AvgIpc) is 2.61. The fourth-order valence-electron chi connectivity index (χ4n) is 1.59. The lowest BCUT2D eigenvalue weighted by molar-refractivity contribution is 0.279. The third kappa shape index (κ3) is 2.22. The average molecular weight is 214 g/mol. The van der Waals surface area contributed by atoms with E-state index in [1.54, 1.807) is 0 Å². The summed E-state index contributed by atoms with van der Waals surface area (Å²) in [5, 5.41) is 8.57. The van der Waals surface area contributed by atoms with E-state index in [0.29, 0.717) is 18.9 Å². The molecule has 3 nitrogen and oxygen atoms in total. The van der Waals surface area contributed by atoms with E-state index in [2.05, 4.69) is 11.1 Å². The van der Waals surface area contributed by atoms with Crippen molar-refractivity contribution in [2.24, 2.45) is 4.99 Å². The number of benzene rings is 1. The minimum atomic E-state index is -0.124. The van der Waals surface area contributed by atoms with Gasteiger partial charge in [-0.2, -0.15) is 5.26 Å². The number of hydrogen-bond acceptors (Lipinski definition) is 3. The molecule has 0 amide bonds. The van der Waals surface area contributed by atoms with Crippen molar-refractivity contribution in [2.75, 3.05) is 6.61 Å². The molecule has 0 unspecified atom stereocenters. The molecule has 1 aliphatic heterocycles. The minimum absolute atomic E-state index is 0.124. The van der Waals surface area contributed by atoms with Crippen molar-refractivity contribution in [1.29, 1.82) is 5.26 Å². The van der Waals surface area contributed by atoms with Crippen molar-refractivity contribution >= 4 is 5.90 Å². The maximum absolute atomic E-state index is 8.57. The van der Waals surface area contributed by atoms with Crippen LogP contribution in [0, 0.1) is 11.3 Å². The third-order valence-corrected chi connectivity index (χ3v) is 2.45. The number of hydrogen-bond donors (Lipinski definition) is 0. The van der Waals surface area contributed by atoms with Crippen molar-refractivity contribution in [3.63, 3.8) is 0 Å². The molecule has 0 saturated carbocycles. The summed E-state index contributed by atoms with van der Waals surface area (Å²) in [4.78, 5) is 4.50. The molecular weight excluding hydrogens is 200 g/mol. The zero-order chi connectivity index (χ0) is 11.6. The maximum atomic E-state index is 8.57. The first-order chi connectivity index (χ1) is 7.61. The summed E-state index contributed by atoms with van der Waals surface area (Å²) in [7, 11) is 0. The number of rotatable bonds is 2. The molecule has 1 aromatic carbocycles. The molecule has 0 aliphatic carbocycles. The number of nitrogens with zero attached hydrogens (tertiary/aromatic N) is 2. The van der Waals surface area contributed by atoms with Gasteiger partial charge in [-0.3, -0.25) is 0 Å². The van der Waals surface area contributed by atoms with Gasteiger partial charge in [0.1, 0.15) is 6.61 Å². The fourth-order valence-corrected chi connectivity index (χ4v) is 1.59. The molecule has 1 aliphatic rings. The topological polar surface area (TPSA) is 45.4 Å². The second-order valence-corrected chi connectivity index (χ2v) is 4.55. The largest absolute Gasteiger partial charge is 0.475 e. The molecule has 0 fully saturated rings. The van der Waals surface area contributed by atoms with Crippen LogP contribution < -0.4 is 0 Å². The quantitative estimate of drug-likeness (QED) is 0.758. The van der Waals surface area contributed by atoms with Crippen LogP contribution in [-0.2, 0) is 11.2 Å². The first-order valence-electron chi connectivity index (χ1n) is 5.30. The van der Waals surface area contributed by atoms with Crippen LogP contribution in [0.1, 0.15) is 25.0 Å². The lowest BCUT2D eigenvalue weighted by Crippen LogP contribution is -2.17. The summed E-state index contributed by atoms with van der Waals surface area (Å²) in [6.45, 7) is 4.72. The van der Waals surface area contributed by atoms with E-state index < -0.39 is 0 Å². The minimum Gasteiger partial charge on any atom is -0.475 e. The zero-order valence-electron chi connectivity index (χ0n) is 9.53. The van der Waals surface area contributed by atoms with Gasteiger partial charge in [-0.15, -0.1) is 0 Å². The Bertz CT molecular complexity index is 452. The van der Waals surface area contributed by atoms with Crippen LogP contribution in [0.15, 0.2) is 29.3 Å². The van der Waals surface area contributed by atoms with Gasteiger partial charge in [0.25, 0.3) is 0 Å². The van der Waals surface area contributed by atoms with Gasteiger partial charge in [-0.1, -0.05) is 12.1 Å². The zero-order valence-corrected chi connectivity index (χ0v) is 9.53. The molecule has 0 aromatic heterocycles. The Morgan fingerprint density at radius 3 is 2.56 bits per heavy atom. The molecule has 0 spiro atoms. The molecule has 1 aromatic rings. The van der Waals surface area contributed by atoms with Crippen LogP contribution in [0.5, 0.6) is 0 Å². The van der Waals surface area contributed by atoms with E-state index in [1.807, 2.05) is 38.1 Å². The first-order valence-corrected chi connectivity index (χ1v) is 5.30. The van der Waals surface area contributed by atoms with Crippen molar-refractivity contribution in [3.8, 4) is 6.07 Å². The van der Waals surface area contributed by atoms with Crippen LogP contribution in [-0.4, -0.2) is 18.0 Å².